The second kappa shape index (κ2) is 2.90. The van der Waals surface area contributed by atoms with Crippen LogP contribution in [0.25, 0.3) is 0 Å². The van der Waals surface area contributed by atoms with Crippen LogP contribution in [0.5, 0.6) is 0 Å². The van der Waals surface area contributed by atoms with Crippen molar-refractivity contribution in [2.24, 2.45) is 11.8 Å². The van der Waals surface area contributed by atoms with Crippen LogP contribution in [-0.2, 0) is 0 Å². The minimum Gasteiger partial charge on any atom is -0.299 e. The Balaban J connectivity index is 1.83. The van der Waals surface area contributed by atoms with E-state index in [1.165, 1.54) is 37.9 Å². The second-order valence-corrected chi connectivity index (χ2v) is 6.50. The van der Waals surface area contributed by atoms with Crippen LogP contribution in [0, 0.1) is 11.8 Å². The summed E-state index contributed by atoms with van der Waals surface area (Å²) in [5.74, 6) is 3.45. The van der Waals surface area contributed by atoms with Gasteiger partial charge in [0.1, 0.15) is 0 Å². The first-order chi connectivity index (χ1) is 6.28. The van der Waals surface area contributed by atoms with Crippen molar-refractivity contribution in [1.82, 2.24) is 5.32 Å². The molecule has 4 aliphatic rings. The third kappa shape index (κ3) is 1.25. The molecule has 1 N–H and O–H groups in total. The molecule has 3 saturated carbocycles. The normalized spacial score (nSPS) is 54.7. The fraction of sp³-hybridized carbons (Fsp3) is 1.00. The van der Waals surface area contributed by atoms with E-state index in [1.807, 2.05) is 0 Å². The summed E-state index contributed by atoms with van der Waals surface area (Å²) >= 11 is 2.13. The van der Waals surface area contributed by atoms with Gasteiger partial charge < -0.3 is 0 Å². The van der Waals surface area contributed by atoms with Gasteiger partial charge >= 0.3 is 0 Å². The molecule has 1 nitrogen and oxygen atoms in total. The van der Waals surface area contributed by atoms with E-state index in [4.69, 9.17) is 0 Å². The lowest BCUT2D eigenvalue weighted by Gasteiger charge is -2.50. The minimum atomic E-state index is 0.575. The Kier molecular flexibility index (Phi) is 1.92. The lowest BCUT2D eigenvalue weighted by Crippen LogP contribution is -2.56. The van der Waals surface area contributed by atoms with Gasteiger partial charge in [-0.25, -0.2) is 0 Å². The SMILES string of the molecule is CC1NC2(CS1)CC1CCC2CC1. The lowest BCUT2D eigenvalue weighted by atomic mass is 9.61. The number of hydrogen-bond donors (Lipinski definition) is 1. The first kappa shape index (κ1) is 8.60. The predicted molar refractivity (Wildman–Crippen MR) is 57.9 cm³/mol. The number of rotatable bonds is 0. The van der Waals surface area contributed by atoms with Gasteiger partial charge in [-0.3, -0.25) is 5.32 Å². The Morgan fingerprint density at radius 1 is 1.23 bits per heavy atom. The zero-order valence-corrected chi connectivity index (χ0v) is 9.20. The molecule has 0 aromatic carbocycles. The molecule has 2 unspecified atom stereocenters. The van der Waals surface area contributed by atoms with Crippen LogP contribution < -0.4 is 5.32 Å². The van der Waals surface area contributed by atoms with Crippen molar-refractivity contribution in [1.29, 1.82) is 0 Å². The lowest BCUT2D eigenvalue weighted by molar-refractivity contribution is 0.0624. The molecule has 4 rings (SSSR count). The maximum Gasteiger partial charge on any atom is 0.0508 e. The summed E-state index contributed by atoms with van der Waals surface area (Å²) in [7, 11) is 0. The number of fused-ring (bicyclic) bond motifs is 2. The quantitative estimate of drug-likeness (QED) is 0.640. The zero-order chi connectivity index (χ0) is 8.89. The molecule has 0 aromatic heterocycles. The van der Waals surface area contributed by atoms with Crippen LogP contribution in [0.2, 0.25) is 0 Å². The van der Waals surface area contributed by atoms with Crippen LogP contribution in [-0.4, -0.2) is 16.7 Å². The van der Waals surface area contributed by atoms with Gasteiger partial charge in [0.25, 0.3) is 0 Å². The molecule has 2 atom stereocenters. The number of hydrogen-bond acceptors (Lipinski definition) is 2. The Labute approximate surface area is 85.0 Å². The van der Waals surface area contributed by atoms with Gasteiger partial charge in [-0.2, -0.15) is 0 Å². The molecule has 2 bridgehead atoms. The molecule has 4 fully saturated rings. The first-order valence-electron chi connectivity index (χ1n) is 5.68. The highest BCUT2D eigenvalue weighted by Crippen LogP contribution is 2.51. The smallest absolute Gasteiger partial charge is 0.0508 e. The largest absolute Gasteiger partial charge is 0.299 e. The minimum absolute atomic E-state index is 0.575. The van der Waals surface area contributed by atoms with E-state index in [1.54, 1.807) is 0 Å². The summed E-state index contributed by atoms with van der Waals surface area (Å²) in [4.78, 5) is 0. The van der Waals surface area contributed by atoms with Crippen LogP contribution in [0.15, 0.2) is 0 Å². The average Bonchev–Trinajstić information content (AvgIpc) is 2.49. The van der Waals surface area contributed by atoms with Gasteiger partial charge in [0.2, 0.25) is 0 Å². The van der Waals surface area contributed by atoms with E-state index in [-0.39, 0.29) is 0 Å². The zero-order valence-electron chi connectivity index (χ0n) is 8.38. The highest BCUT2D eigenvalue weighted by molar-refractivity contribution is 8.00. The fourth-order valence-corrected chi connectivity index (χ4v) is 5.02. The van der Waals surface area contributed by atoms with Gasteiger partial charge in [-0.15, -0.1) is 11.8 Å². The third-order valence-corrected chi connectivity index (χ3v) is 5.66. The van der Waals surface area contributed by atoms with Gasteiger partial charge in [-0.05, 0) is 38.0 Å². The van der Waals surface area contributed by atoms with Crippen molar-refractivity contribution in [2.75, 3.05) is 5.75 Å². The summed E-state index contributed by atoms with van der Waals surface area (Å²) in [6, 6.07) is 0. The average molecular weight is 197 g/mol. The molecule has 0 aromatic rings. The van der Waals surface area contributed by atoms with Gasteiger partial charge in [-0.1, -0.05) is 12.8 Å². The first-order valence-corrected chi connectivity index (χ1v) is 6.73. The molecule has 13 heavy (non-hydrogen) atoms. The maximum absolute atomic E-state index is 3.86. The second-order valence-electron chi connectivity index (χ2n) is 5.18. The Hall–Kier alpha value is 0.310. The van der Waals surface area contributed by atoms with Crippen LogP contribution in [0.1, 0.15) is 39.0 Å². The predicted octanol–water partition coefficient (Wildman–Crippen LogP) is 2.62. The van der Waals surface area contributed by atoms with Crippen molar-refractivity contribution in [3.05, 3.63) is 0 Å². The van der Waals surface area contributed by atoms with Crippen LogP contribution in [0.3, 0.4) is 0 Å². The van der Waals surface area contributed by atoms with Crippen molar-refractivity contribution in [2.45, 2.75) is 49.9 Å². The molecule has 1 aliphatic heterocycles. The Morgan fingerprint density at radius 2 is 2.00 bits per heavy atom. The van der Waals surface area contributed by atoms with E-state index in [9.17, 15) is 0 Å². The van der Waals surface area contributed by atoms with Crippen LogP contribution in [0.4, 0.5) is 0 Å². The van der Waals surface area contributed by atoms with Gasteiger partial charge in [0, 0.05) is 11.3 Å². The number of thioether (sulfide) groups is 1. The molecule has 3 aliphatic carbocycles. The Morgan fingerprint density at radius 3 is 2.46 bits per heavy atom. The van der Waals surface area contributed by atoms with Crippen molar-refractivity contribution >= 4 is 11.8 Å². The molecular weight excluding hydrogens is 178 g/mol. The summed E-state index contributed by atoms with van der Waals surface area (Å²) in [6.45, 7) is 2.32. The topological polar surface area (TPSA) is 12.0 Å². The van der Waals surface area contributed by atoms with Crippen molar-refractivity contribution in [3.63, 3.8) is 0 Å². The fourth-order valence-electron chi connectivity index (χ4n) is 3.72. The molecule has 0 radical (unpaired) electrons. The third-order valence-electron chi connectivity index (χ3n) is 4.36. The molecule has 1 spiro atoms. The van der Waals surface area contributed by atoms with E-state index < -0.39 is 0 Å². The van der Waals surface area contributed by atoms with Crippen molar-refractivity contribution in [3.8, 4) is 0 Å². The Bertz CT molecular complexity index is 210. The standard InChI is InChI=1S/C11H19NS/c1-8-12-11(7-13-8)6-9-2-4-10(11)5-3-9/h8-10,12H,2-7H2,1H3. The van der Waals surface area contributed by atoms with E-state index in [0.29, 0.717) is 10.9 Å². The summed E-state index contributed by atoms with van der Waals surface area (Å²) in [5, 5.41) is 4.57. The van der Waals surface area contributed by atoms with E-state index in [0.717, 1.165) is 11.8 Å². The molecule has 2 heteroatoms. The summed E-state index contributed by atoms with van der Waals surface area (Å²) in [6.07, 6.45) is 7.53. The molecule has 74 valence electrons. The molecule has 0 amide bonds. The molecule has 1 heterocycles. The van der Waals surface area contributed by atoms with E-state index >= 15 is 0 Å². The number of nitrogens with one attached hydrogen (secondary N) is 1. The van der Waals surface area contributed by atoms with E-state index in [2.05, 4.69) is 24.0 Å². The maximum atomic E-state index is 3.86. The van der Waals surface area contributed by atoms with Crippen LogP contribution >= 0.6 is 11.8 Å². The highest BCUT2D eigenvalue weighted by atomic mass is 32.2. The van der Waals surface area contributed by atoms with Gasteiger partial charge in [0.05, 0.1) is 5.37 Å². The molecule has 1 saturated heterocycles. The summed E-state index contributed by atoms with van der Waals surface area (Å²) in [5.41, 5.74) is 0.575. The van der Waals surface area contributed by atoms with Crippen molar-refractivity contribution < 1.29 is 0 Å². The summed E-state index contributed by atoms with van der Waals surface area (Å²) < 4.78 is 0. The monoisotopic (exact) mass is 197 g/mol. The van der Waals surface area contributed by atoms with Gasteiger partial charge in [0.15, 0.2) is 0 Å². The molecular formula is C11H19NS. The highest BCUT2D eigenvalue weighted by Gasteiger charge is 2.50.